The Bertz CT molecular complexity index is 422. The average molecular weight is 308 g/mol. The molecule has 0 saturated carbocycles. The molecule has 5 nitrogen and oxygen atoms in total. The van der Waals surface area contributed by atoms with Crippen molar-refractivity contribution in [2.24, 2.45) is 10.9 Å². The first-order valence-electron chi connectivity index (χ1n) is 8.70. The van der Waals surface area contributed by atoms with Crippen molar-refractivity contribution in [3.8, 4) is 0 Å². The minimum Gasteiger partial charge on any atom is -0.349 e. The van der Waals surface area contributed by atoms with Crippen molar-refractivity contribution in [2.45, 2.75) is 64.5 Å². The molecule has 5 heteroatoms. The van der Waals surface area contributed by atoms with Gasteiger partial charge in [0.1, 0.15) is 5.54 Å². The van der Waals surface area contributed by atoms with Gasteiger partial charge in [0, 0.05) is 33.2 Å². The zero-order valence-corrected chi connectivity index (χ0v) is 14.9. The molecule has 0 aliphatic carbocycles. The Morgan fingerprint density at radius 3 is 2.36 bits per heavy atom. The quantitative estimate of drug-likeness (QED) is 0.846. The predicted molar refractivity (Wildman–Crippen MR) is 91.0 cm³/mol. The van der Waals surface area contributed by atoms with Crippen LogP contribution in [-0.4, -0.2) is 60.4 Å². The van der Waals surface area contributed by atoms with Gasteiger partial charge in [-0.1, -0.05) is 20.8 Å². The minimum absolute atomic E-state index is 0.0890. The molecule has 0 aromatic carbocycles. The van der Waals surface area contributed by atoms with Gasteiger partial charge in [-0.05, 0) is 38.0 Å². The van der Waals surface area contributed by atoms with Crippen molar-refractivity contribution >= 4 is 11.9 Å². The number of carbonyl (C=O) groups excluding carboxylic acids is 1. The Morgan fingerprint density at radius 2 is 1.91 bits per heavy atom. The molecular formula is C17H32N4O. The molecular weight excluding hydrogens is 276 g/mol. The summed E-state index contributed by atoms with van der Waals surface area (Å²) >= 11 is 0. The number of nitrogens with one attached hydrogen (secondary N) is 1. The first kappa shape index (κ1) is 17.3. The number of hydrogen-bond donors (Lipinski definition) is 1. The van der Waals surface area contributed by atoms with Crippen LogP contribution < -0.4 is 5.32 Å². The fraction of sp³-hybridized carbons (Fsp3) is 0.882. The van der Waals surface area contributed by atoms with Crippen molar-refractivity contribution in [1.82, 2.24) is 15.1 Å². The van der Waals surface area contributed by atoms with Gasteiger partial charge in [0.15, 0.2) is 0 Å². The molecule has 2 aliphatic rings. The third kappa shape index (κ3) is 3.62. The van der Waals surface area contributed by atoms with Crippen LogP contribution in [0.1, 0.15) is 52.9 Å². The fourth-order valence-corrected chi connectivity index (χ4v) is 3.48. The molecule has 0 radical (unpaired) electrons. The monoisotopic (exact) mass is 308 g/mol. The highest BCUT2D eigenvalue weighted by atomic mass is 16.2. The zero-order chi connectivity index (χ0) is 16.3. The minimum atomic E-state index is -0.507. The molecule has 0 bridgehead atoms. The molecule has 2 rings (SSSR count). The van der Waals surface area contributed by atoms with E-state index < -0.39 is 5.54 Å². The summed E-state index contributed by atoms with van der Waals surface area (Å²) < 4.78 is 0. The number of guanidine groups is 1. The molecule has 1 atom stereocenters. The Labute approximate surface area is 135 Å². The molecule has 0 aromatic heterocycles. The lowest BCUT2D eigenvalue weighted by molar-refractivity contribution is -0.125. The van der Waals surface area contributed by atoms with Gasteiger partial charge in [-0.3, -0.25) is 10.1 Å². The summed E-state index contributed by atoms with van der Waals surface area (Å²) in [5.41, 5.74) is -0.507. The molecule has 2 aliphatic heterocycles. The Hall–Kier alpha value is -1.10. The second kappa shape index (κ2) is 6.99. The van der Waals surface area contributed by atoms with Gasteiger partial charge in [0.2, 0.25) is 5.96 Å². The normalized spacial score (nSPS) is 22.8. The van der Waals surface area contributed by atoms with Gasteiger partial charge in [-0.2, -0.15) is 0 Å². The Morgan fingerprint density at radius 1 is 1.27 bits per heavy atom. The summed E-state index contributed by atoms with van der Waals surface area (Å²) in [5, 5.41) is 2.93. The summed E-state index contributed by atoms with van der Waals surface area (Å²) in [6, 6.07) is 0.654. The molecule has 126 valence electrons. The maximum absolute atomic E-state index is 12.4. The molecule has 1 spiro atoms. The van der Waals surface area contributed by atoms with Crippen molar-refractivity contribution in [3.05, 3.63) is 0 Å². The molecule has 22 heavy (non-hydrogen) atoms. The van der Waals surface area contributed by atoms with E-state index in [4.69, 9.17) is 4.99 Å². The van der Waals surface area contributed by atoms with Crippen LogP contribution in [0.25, 0.3) is 0 Å². The molecule has 1 N–H and O–H groups in total. The molecule has 1 fully saturated rings. The number of amides is 1. The lowest BCUT2D eigenvalue weighted by atomic mass is 9.86. The largest absolute Gasteiger partial charge is 0.349 e. The number of nitrogens with zero attached hydrogens (tertiary/aromatic N) is 3. The molecule has 0 aromatic rings. The van der Waals surface area contributed by atoms with Crippen molar-refractivity contribution in [3.63, 3.8) is 0 Å². The van der Waals surface area contributed by atoms with E-state index in [1.807, 2.05) is 19.0 Å². The summed E-state index contributed by atoms with van der Waals surface area (Å²) in [6.45, 7) is 8.82. The van der Waals surface area contributed by atoms with E-state index in [1.165, 1.54) is 19.3 Å². The lowest BCUT2D eigenvalue weighted by Crippen LogP contribution is -2.51. The van der Waals surface area contributed by atoms with Crippen LogP contribution in [0.4, 0.5) is 0 Å². The Kier molecular flexibility index (Phi) is 5.48. The van der Waals surface area contributed by atoms with E-state index >= 15 is 0 Å². The van der Waals surface area contributed by atoms with Gasteiger partial charge in [0.25, 0.3) is 5.91 Å². The van der Waals surface area contributed by atoms with Crippen molar-refractivity contribution in [2.75, 3.05) is 27.2 Å². The van der Waals surface area contributed by atoms with Crippen LogP contribution in [0.2, 0.25) is 0 Å². The topological polar surface area (TPSA) is 47.9 Å². The van der Waals surface area contributed by atoms with Gasteiger partial charge >= 0.3 is 0 Å². The summed E-state index contributed by atoms with van der Waals surface area (Å²) in [4.78, 5) is 21.5. The first-order chi connectivity index (χ1) is 10.4. The second-order valence-corrected chi connectivity index (χ2v) is 7.38. The van der Waals surface area contributed by atoms with Crippen molar-refractivity contribution in [1.29, 1.82) is 0 Å². The SMILES string of the molecule is CC[C@@H](CCC(C)C)N1CCC2(CC1)N=C(N(C)C)NC2=O. The highest BCUT2D eigenvalue weighted by molar-refractivity contribution is 6.07. The molecule has 1 saturated heterocycles. The van der Waals surface area contributed by atoms with Crippen LogP contribution in [0.3, 0.4) is 0 Å². The van der Waals surface area contributed by atoms with E-state index in [2.05, 4.69) is 31.0 Å². The molecule has 2 heterocycles. The van der Waals surface area contributed by atoms with Crippen LogP contribution in [0, 0.1) is 5.92 Å². The summed E-state index contributed by atoms with van der Waals surface area (Å²) in [6.07, 6.45) is 5.42. The van der Waals surface area contributed by atoms with Crippen LogP contribution in [0.15, 0.2) is 4.99 Å². The maximum Gasteiger partial charge on any atom is 0.254 e. The predicted octanol–water partition coefficient (Wildman–Crippen LogP) is 2.08. The Balaban J connectivity index is 1.96. The van der Waals surface area contributed by atoms with Crippen molar-refractivity contribution < 1.29 is 4.79 Å². The zero-order valence-electron chi connectivity index (χ0n) is 14.9. The van der Waals surface area contributed by atoms with Gasteiger partial charge < -0.3 is 9.80 Å². The molecule has 1 amide bonds. The van der Waals surface area contributed by atoms with Gasteiger partial charge in [0.05, 0.1) is 0 Å². The number of rotatable bonds is 5. The second-order valence-electron chi connectivity index (χ2n) is 7.38. The van der Waals surface area contributed by atoms with Gasteiger partial charge in [-0.15, -0.1) is 0 Å². The van der Waals surface area contributed by atoms with E-state index in [0.717, 1.165) is 31.8 Å². The molecule has 0 unspecified atom stereocenters. The van der Waals surface area contributed by atoms with Crippen LogP contribution in [0.5, 0.6) is 0 Å². The first-order valence-corrected chi connectivity index (χ1v) is 8.70. The highest BCUT2D eigenvalue weighted by Gasteiger charge is 2.46. The highest BCUT2D eigenvalue weighted by Crippen LogP contribution is 2.32. The van der Waals surface area contributed by atoms with Crippen LogP contribution in [-0.2, 0) is 4.79 Å². The maximum atomic E-state index is 12.4. The third-order valence-corrected chi connectivity index (χ3v) is 5.08. The number of piperidine rings is 1. The number of likely N-dealkylation sites (tertiary alicyclic amines) is 1. The number of hydrogen-bond acceptors (Lipinski definition) is 4. The number of aliphatic imine (C=N–C) groups is 1. The van der Waals surface area contributed by atoms with E-state index in [1.54, 1.807) is 0 Å². The van der Waals surface area contributed by atoms with Crippen LogP contribution >= 0.6 is 0 Å². The number of carbonyl (C=O) groups is 1. The fourth-order valence-electron chi connectivity index (χ4n) is 3.48. The summed E-state index contributed by atoms with van der Waals surface area (Å²) in [5.74, 6) is 1.56. The smallest absolute Gasteiger partial charge is 0.254 e. The summed E-state index contributed by atoms with van der Waals surface area (Å²) in [7, 11) is 3.85. The average Bonchev–Trinajstić information content (AvgIpc) is 2.79. The van der Waals surface area contributed by atoms with E-state index in [-0.39, 0.29) is 5.91 Å². The van der Waals surface area contributed by atoms with E-state index in [0.29, 0.717) is 12.0 Å². The lowest BCUT2D eigenvalue weighted by Gasteiger charge is -2.40. The van der Waals surface area contributed by atoms with E-state index in [9.17, 15) is 4.79 Å². The third-order valence-electron chi connectivity index (χ3n) is 5.08. The standard InChI is InChI=1S/C17H32N4O/c1-6-14(8-7-13(2)3)21-11-9-17(10-12-21)15(22)18-16(19-17)20(4)5/h13-14H,6-12H2,1-5H3,(H,18,19,22)/t14-/m0/s1. The van der Waals surface area contributed by atoms with Gasteiger partial charge in [-0.25, -0.2) is 4.99 Å².